The molecule has 0 aliphatic carbocycles. The van der Waals surface area contributed by atoms with Crippen molar-refractivity contribution in [1.82, 2.24) is 4.90 Å². The van der Waals surface area contributed by atoms with E-state index in [2.05, 4.69) is 40.3 Å². The van der Waals surface area contributed by atoms with E-state index in [4.69, 9.17) is 0 Å². The van der Waals surface area contributed by atoms with Crippen LogP contribution >= 0.6 is 15.9 Å². The fourth-order valence-electron chi connectivity index (χ4n) is 2.15. The summed E-state index contributed by atoms with van der Waals surface area (Å²) in [5, 5.41) is 2.89. The predicted molar refractivity (Wildman–Crippen MR) is 78.1 cm³/mol. The average Bonchev–Trinajstić information content (AvgIpc) is 2.36. The lowest BCUT2D eigenvalue weighted by Gasteiger charge is -2.26. The molecule has 3 nitrogen and oxygen atoms in total. The molecular weight excluding hydrogens is 292 g/mol. The highest BCUT2D eigenvalue weighted by Gasteiger charge is 2.20. The van der Waals surface area contributed by atoms with Crippen LogP contribution in [-0.2, 0) is 6.54 Å². The summed E-state index contributed by atoms with van der Waals surface area (Å²) in [4.78, 5) is 13.6. The molecule has 1 atom stereocenters. The summed E-state index contributed by atoms with van der Waals surface area (Å²) in [7, 11) is 1.81. The van der Waals surface area contributed by atoms with Gasteiger partial charge in [0.05, 0.1) is 0 Å². The van der Waals surface area contributed by atoms with Crippen molar-refractivity contribution in [2.75, 3.05) is 12.4 Å². The molecule has 1 aromatic rings. The lowest BCUT2D eigenvalue weighted by Crippen LogP contribution is -2.35. The fourth-order valence-corrected chi connectivity index (χ4v) is 2.76. The van der Waals surface area contributed by atoms with E-state index in [1.165, 1.54) is 24.0 Å². The SMILES string of the molecule is CCCCC(Br)c1ccc2c(c1)CN(C)C(=O)N2. The van der Waals surface area contributed by atoms with Gasteiger partial charge in [0.25, 0.3) is 0 Å². The summed E-state index contributed by atoms with van der Waals surface area (Å²) in [6.07, 6.45) is 3.59. The van der Waals surface area contributed by atoms with Crippen LogP contribution < -0.4 is 5.32 Å². The molecule has 1 aliphatic rings. The van der Waals surface area contributed by atoms with E-state index in [0.29, 0.717) is 11.4 Å². The number of halogens is 1. The Bertz CT molecular complexity index is 447. The molecule has 1 N–H and O–H groups in total. The maximum Gasteiger partial charge on any atom is 0.321 e. The van der Waals surface area contributed by atoms with E-state index in [9.17, 15) is 4.79 Å². The number of carbonyl (C=O) groups excluding carboxylic acids is 1. The molecular formula is C14H19BrN2O. The second-order valence-electron chi connectivity index (χ2n) is 4.81. The maximum atomic E-state index is 11.5. The molecule has 1 unspecified atom stereocenters. The molecule has 1 aromatic carbocycles. The zero-order chi connectivity index (χ0) is 13.1. The van der Waals surface area contributed by atoms with E-state index < -0.39 is 0 Å². The van der Waals surface area contributed by atoms with Crippen molar-refractivity contribution in [2.24, 2.45) is 0 Å². The minimum atomic E-state index is -0.0309. The molecule has 0 saturated carbocycles. The first-order chi connectivity index (χ1) is 8.61. The van der Waals surface area contributed by atoms with Crippen LogP contribution in [0.5, 0.6) is 0 Å². The number of hydrogen-bond acceptors (Lipinski definition) is 1. The summed E-state index contributed by atoms with van der Waals surface area (Å²) in [6, 6.07) is 6.27. The molecule has 0 aromatic heterocycles. The van der Waals surface area contributed by atoms with Gasteiger partial charge >= 0.3 is 6.03 Å². The Kier molecular flexibility index (Phi) is 4.27. The largest absolute Gasteiger partial charge is 0.323 e. The van der Waals surface area contributed by atoms with Crippen LogP contribution in [0.2, 0.25) is 0 Å². The predicted octanol–water partition coefficient (Wildman–Crippen LogP) is 4.29. The Morgan fingerprint density at radius 1 is 1.50 bits per heavy atom. The molecule has 2 rings (SSSR count). The van der Waals surface area contributed by atoms with Crippen LogP contribution in [0.25, 0.3) is 0 Å². The summed E-state index contributed by atoms with van der Waals surface area (Å²) >= 11 is 3.74. The van der Waals surface area contributed by atoms with Gasteiger partial charge in [0, 0.05) is 24.1 Å². The average molecular weight is 311 g/mol. The van der Waals surface area contributed by atoms with Crippen LogP contribution in [-0.4, -0.2) is 18.0 Å². The molecule has 0 radical (unpaired) electrons. The maximum absolute atomic E-state index is 11.5. The number of nitrogens with zero attached hydrogens (tertiary/aromatic N) is 1. The number of amides is 2. The first-order valence-corrected chi connectivity index (χ1v) is 7.32. The smallest absolute Gasteiger partial charge is 0.321 e. The van der Waals surface area contributed by atoms with Crippen molar-refractivity contribution < 1.29 is 4.79 Å². The van der Waals surface area contributed by atoms with Gasteiger partial charge in [-0.15, -0.1) is 0 Å². The molecule has 1 aliphatic heterocycles. The topological polar surface area (TPSA) is 32.3 Å². The summed E-state index contributed by atoms with van der Waals surface area (Å²) in [5.74, 6) is 0. The van der Waals surface area contributed by atoms with Gasteiger partial charge in [-0.1, -0.05) is 47.8 Å². The van der Waals surface area contributed by atoms with Crippen molar-refractivity contribution in [3.63, 3.8) is 0 Å². The van der Waals surface area contributed by atoms with Crippen LogP contribution in [0, 0.1) is 0 Å². The number of alkyl halides is 1. The first-order valence-electron chi connectivity index (χ1n) is 6.41. The lowest BCUT2D eigenvalue weighted by atomic mass is 10.0. The van der Waals surface area contributed by atoms with Gasteiger partial charge in [-0.05, 0) is 23.6 Å². The second kappa shape index (κ2) is 5.74. The van der Waals surface area contributed by atoms with Crippen molar-refractivity contribution in [3.8, 4) is 0 Å². The van der Waals surface area contributed by atoms with Gasteiger partial charge in [-0.3, -0.25) is 0 Å². The number of hydrogen-bond donors (Lipinski definition) is 1. The Morgan fingerprint density at radius 3 is 3.00 bits per heavy atom. The Morgan fingerprint density at radius 2 is 2.28 bits per heavy atom. The number of nitrogens with one attached hydrogen (secondary N) is 1. The normalized spacial score (nSPS) is 16.2. The van der Waals surface area contributed by atoms with Crippen molar-refractivity contribution >= 4 is 27.6 Å². The number of anilines is 1. The minimum Gasteiger partial charge on any atom is -0.323 e. The van der Waals surface area contributed by atoms with E-state index >= 15 is 0 Å². The second-order valence-corrected chi connectivity index (χ2v) is 5.92. The van der Waals surface area contributed by atoms with Gasteiger partial charge in [0.2, 0.25) is 0 Å². The number of fused-ring (bicyclic) bond motifs is 1. The van der Waals surface area contributed by atoms with Crippen LogP contribution in [0.1, 0.15) is 42.1 Å². The highest BCUT2D eigenvalue weighted by atomic mass is 79.9. The third-order valence-electron chi connectivity index (χ3n) is 3.30. The minimum absolute atomic E-state index is 0.0309. The Labute approximate surface area is 117 Å². The van der Waals surface area contributed by atoms with E-state index in [1.807, 2.05) is 13.1 Å². The molecule has 0 spiro atoms. The van der Waals surface area contributed by atoms with Crippen LogP contribution in [0.3, 0.4) is 0 Å². The van der Waals surface area contributed by atoms with Crippen LogP contribution in [0.4, 0.5) is 10.5 Å². The molecule has 0 saturated heterocycles. The zero-order valence-electron chi connectivity index (χ0n) is 10.9. The summed E-state index contributed by atoms with van der Waals surface area (Å²) in [5.41, 5.74) is 3.43. The Balaban J connectivity index is 2.17. The van der Waals surface area contributed by atoms with Gasteiger partial charge < -0.3 is 10.2 Å². The van der Waals surface area contributed by atoms with E-state index in [1.54, 1.807) is 4.90 Å². The number of rotatable bonds is 4. The molecule has 98 valence electrons. The van der Waals surface area contributed by atoms with Gasteiger partial charge in [-0.2, -0.15) is 0 Å². The van der Waals surface area contributed by atoms with E-state index in [0.717, 1.165) is 12.1 Å². The quantitative estimate of drug-likeness (QED) is 0.827. The standard InChI is InChI=1S/C14H19BrN2O/c1-3-4-5-12(15)10-6-7-13-11(8-10)9-17(2)14(18)16-13/h6-8,12H,3-5,9H2,1-2H3,(H,16,18). The number of unbranched alkanes of at least 4 members (excludes halogenated alkanes) is 1. The third-order valence-corrected chi connectivity index (χ3v) is 4.28. The number of carbonyl (C=O) groups is 1. The monoisotopic (exact) mass is 310 g/mol. The van der Waals surface area contributed by atoms with Crippen molar-refractivity contribution in [1.29, 1.82) is 0 Å². The number of urea groups is 1. The van der Waals surface area contributed by atoms with Crippen molar-refractivity contribution in [3.05, 3.63) is 29.3 Å². The molecule has 18 heavy (non-hydrogen) atoms. The number of benzene rings is 1. The highest BCUT2D eigenvalue weighted by Crippen LogP contribution is 2.32. The van der Waals surface area contributed by atoms with Gasteiger partial charge in [0.15, 0.2) is 0 Å². The molecule has 0 bridgehead atoms. The van der Waals surface area contributed by atoms with E-state index in [-0.39, 0.29) is 6.03 Å². The van der Waals surface area contributed by atoms with Crippen molar-refractivity contribution in [2.45, 2.75) is 37.6 Å². The molecule has 1 heterocycles. The lowest BCUT2D eigenvalue weighted by molar-refractivity contribution is 0.218. The third kappa shape index (κ3) is 2.86. The van der Waals surface area contributed by atoms with Crippen LogP contribution in [0.15, 0.2) is 18.2 Å². The fraction of sp³-hybridized carbons (Fsp3) is 0.500. The molecule has 4 heteroatoms. The van der Waals surface area contributed by atoms with Gasteiger partial charge in [0.1, 0.15) is 0 Å². The first kappa shape index (κ1) is 13.4. The zero-order valence-corrected chi connectivity index (χ0v) is 12.5. The summed E-state index contributed by atoms with van der Waals surface area (Å²) < 4.78 is 0. The van der Waals surface area contributed by atoms with Gasteiger partial charge in [-0.25, -0.2) is 4.79 Å². The Hall–Kier alpha value is -1.03. The highest BCUT2D eigenvalue weighted by molar-refractivity contribution is 9.09. The molecule has 0 fully saturated rings. The molecule has 2 amide bonds. The summed E-state index contributed by atoms with van der Waals surface area (Å²) in [6.45, 7) is 2.89.